The molecule has 2 aliphatic heterocycles. The van der Waals surface area contributed by atoms with Gasteiger partial charge in [0.25, 0.3) is 0 Å². The normalized spacial score (nSPS) is 23.5. The zero-order chi connectivity index (χ0) is 97.3. The standard InChI is InChI=1S/C91H129N23O18S/c1-10-12-30-72-84(126)103-64(29-21-35-97-91(94)95)81(123)109-71(80(122)100-46-76(93)118)49-133-50-77(119)102-68(38-54-23-15-14-16-24-54)87(129)111(7)53(5)78(120)104-65(33-34-75(92)117)89(131)114-36-22-32-73(114)85(127)105-66(42-58-45-96-51-101-58)82(124)106-67(37-52(3)4)86(128)110(6)47-59(116)40-55(39-56-43-98-62-27-19-17-25-60(56)62)79(121)108-70(48-115)83(125)107-69(41-57-44-99-63-28-20-18-26-61(57)63)88(130)113(9)74(31-13-11-2)90(132)112(72)8/h14-20,23-28,43-45,51-53,55,64-74,98-99,115H,10-13,21-22,29-42,46-50H2,1-9H3,(H2,92,117)(H2,93,118)(H,96,101)(H,100,122)(H,102,119)(H,103,126)(H,104,120)(H,105,127)(H,106,124)(H,107,125)(H,108,121)(H,109,123)(H4,94,95,97)/t53-,55+,64-,65-,66-,67-,68-,69-,70-,71-,72-,73-,74-/m0/s1. The molecule has 0 saturated carbocycles. The van der Waals surface area contributed by atoms with Crippen LogP contribution in [-0.2, 0) is 107 Å². The Morgan fingerprint density at radius 2 is 1.13 bits per heavy atom. The number of carbonyl (C=O) groups is 17. The van der Waals surface area contributed by atoms with Crippen LogP contribution in [0.25, 0.3) is 21.8 Å². The van der Waals surface area contributed by atoms with Crippen LogP contribution in [0.3, 0.4) is 0 Å². The van der Waals surface area contributed by atoms with Crippen molar-refractivity contribution in [3.05, 3.63) is 126 Å². The average molecular weight is 1870 g/mol. The van der Waals surface area contributed by atoms with E-state index in [0.717, 1.165) is 26.5 Å². The van der Waals surface area contributed by atoms with Gasteiger partial charge in [-0.05, 0) is 99.5 Å². The van der Waals surface area contributed by atoms with Gasteiger partial charge in [0.2, 0.25) is 94.5 Å². The molecule has 2 saturated heterocycles. The first-order valence-corrected chi connectivity index (χ1v) is 46.1. The van der Waals surface area contributed by atoms with Crippen molar-refractivity contribution >= 4 is 140 Å². The number of rotatable bonds is 27. The lowest BCUT2D eigenvalue weighted by atomic mass is 9.92. The molecule has 13 atom stereocenters. The Bertz CT molecular complexity index is 5070. The second-order valence-corrected chi connectivity index (χ2v) is 35.3. The Hall–Kier alpha value is -13.3. The number of guanidine groups is 1. The number of likely N-dealkylation sites (N-methyl/N-ethyl adjacent to an activating group) is 4. The summed E-state index contributed by atoms with van der Waals surface area (Å²) in [6, 6.07) is 5.08. The van der Waals surface area contributed by atoms with Crippen LogP contribution < -0.4 is 70.4 Å². The van der Waals surface area contributed by atoms with Gasteiger partial charge in [0.1, 0.15) is 72.5 Å². The van der Waals surface area contributed by atoms with Crippen molar-refractivity contribution in [3.63, 3.8) is 0 Å². The zero-order valence-corrected chi connectivity index (χ0v) is 77.6. The number of thioether (sulfide) groups is 1. The van der Waals surface area contributed by atoms with Gasteiger partial charge in [0.15, 0.2) is 11.7 Å². The number of nitrogens with one attached hydrogen (secondary N) is 14. The van der Waals surface area contributed by atoms with Gasteiger partial charge >= 0.3 is 0 Å². The predicted octanol–water partition coefficient (Wildman–Crippen LogP) is -0.657. The van der Waals surface area contributed by atoms with Gasteiger partial charge in [-0.1, -0.05) is 120 Å². The number of H-pyrrole nitrogens is 3. The monoisotopic (exact) mass is 1860 g/mol. The van der Waals surface area contributed by atoms with Crippen LogP contribution >= 0.6 is 11.8 Å². The Morgan fingerprint density at radius 1 is 0.556 bits per heavy atom. The molecule has 0 aliphatic carbocycles. The molecular weight excluding hydrogens is 1740 g/mol. The number of nitrogens with two attached hydrogens (primary N) is 3. The number of fused-ring (bicyclic) bond motifs is 3. The number of hydrogen-bond acceptors (Lipinski definition) is 21. The van der Waals surface area contributed by atoms with E-state index in [-0.39, 0.29) is 96.1 Å². The fourth-order valence-electron chi connectivity index (χ4n) is 16.2. The van der Waals surface area contributed by atoms with Gasteiger partial charge < -0.3 is 115 Å². The second-order valence-electron chi connectivity index (χ2n) is 34.3. The van der Waals surface area contributed by atoms with Crippen LogP contribution in [-0.4, -0.2) is 301 Å². The fourth-order valence-corrected chi connectivity index (χ4v) is 17.1. The number of unbranched alkanes of at least 4 members (excludes halogenated alkanes) is 2. The van der Waals surface area contributed by atoms with E-state index in [1.165, 1.54) is 57.4 Å². The van der Waals surface area contributed by atoms with E-state index >= 15 is 24.0 Å². The van der Waals surface area contributed by atoms with E-state index < -0.39 is 229 Å². The van der Waals surface area contributed by atoms with Crippen LogP contribution in [0, 0.1) is 17.2 Å². The quantitative estimate of drug-likeness (QED) is 0.0173. The molecule has 0 unspecified atom stereocenters. The maximum atomic E-state index is 15.7. The lowest BCUT2D eigenvalue weighted by molar-refractivity contribution is -0.149. The Balaban J connectivity index is 1.18. The van der Waals surface area contributed by atoms with E-state index in [0.29, 0.717) is 69.9 Å². The highest BCUT2D eigenvalue weighted by atomic mass is 32.2. The van der Waals surface area contributed by atoms with Crippen LogP contribution in [0.15, 0.2) is 104 Å². The molecule has 3 aromatic heterocycles. The van der Waals surface area contributed by atoms with Crippen LogP contribution in [0.4, 0.5) is 0 Å². The number of aliphatic hydroxyl groups excluding tert-OH is 1. The number of primary amides is 2. The number of aromatic amines is 3. The molecule has 0 spiro atoms. The summed E-state index contributed by atoms with van der Waals surface area (Å²) < 4.78 is 0. The molecule has 0 radical (unpaired) electrons. The van der Waals surface area contributed by atoms with Crippen molar-refractivity contribution < 1.29 is 86.6 Å². The Morgan fingerprint density at radius 3 is 1.74 bits per heavy atom. The van der Waals surface area contributed by atoms with Crippen molar-refractivity contribution in [3.8, 4) is 0 Å². The molecule has 133 heavy (non-hydrogen) atoms. The summed E-state index contributed by atoms with van der Waals surface area (Å²) >= 11 is 0.804. The van der Waals surface area contributed by atoms with E-state index in [4.69, 9.17) is 22.6 Å². The first-order chi connectivity index (χ1) is 63.4. The number of aliphatic hydroxyl groups is 1. The number of carbonyl (C=O) groups excluding carboxylic acids is 17. The topological polar surface area (TPSA) is 609 Å². The number of para-hydroxylation sites is 2. The molecule has 5 heterocycles. The molecule has 2 fully saturated rings. The third-order valence-corrected chi connectivity index (χ3v) is 24.7. The SMILES string of the molecule is CCCC[C@H]1C(=O)N(C)[C@@H](CCCC)C(=O)N[C@@H](CCCNC(=N)N)C(=O)N[C@H](C(=O)NCC(N)=O)CSCC(=O)N[C@@H](Cc2ccccc2)C(=O)N(C)[C@@H](C)C(=O)N[C@@H](CCC(N)=O)C(=O)N2CCC[C@H]2C(=O)N[C@@H](Cc2cnc[nH]2)C(=O)N[C@@H](CC(C)C)C(=O)N(C)CC(=O)C[C@@H](Cc2c[nH]c3ccccc23)C(=O)N[C@@H](CO)C(=O)N[C@@H](Cc2c[nH]c3ccccc23)C(=O)N1C. The van der Waals surface area contributed by atoms with Crippen molar-refractivity contribution in [2.24, 2.45) is 29.0 Å². The first-order valence-electron chi connectivity index (χ1n) is 44.9. The van der Waals surface area contributed by atoms with Crippen molar-refractivity contribution in [2.45, 2.75) is 223 Å². The average Bonchev–Trinajstić information content (AvgIpc) is 1.06. The number of Topliss-reactive ketones (excluding diaryl/α,β-unsaturated/α-hetero) is 1. The maximum Gasteiger partial charge on any atom is 0.245 e. The minimum atomic E-state index is -1.81. The number of benzene rings is 3. The van der Waals surface area contributed by atoms with Gasteiger partial charge in [-0.3, -0.25) is 86.9 Å². The molecule has 41 nitrogen and oxygen atoms in total. The Kier molecular flexibility index (Phi) is 40.7. The highest BCUT2D eigenvalue weighted by molar-refractivity contribution is 8.00. The highest BCUT2D eigenvalue weighted by Crippen LogP contribution is 2.28. The van der Waals surface area contributed by atoms with Crippen molar-refractivity contribution in [2.75, 3.05) is 72.5 Å². The van der Waals surface area contributed by atoms with Crippen LogP contribution in [0.2, 0.25) is 0 Å². The van der Waals surface area contributed by atoms with Crippen molar-refractivity contribution in [1.29, 1.82) is 5.41 Å². The number of nitrogens with zero attached hydrogens (tertiary/aromatic N) is 6. The molecule has 2 aliphatic rings. The number of hydrogen-bond donors (Lipinski definition) is 18. The molecular formula is C91H129N23O18S. The molecule has 16 amide bonds. The van der Waals surface area contributed by atoms with E-state index in [1.807, 2.05) is 13.8 Å². The largest absolute Gasteiger partial charge is 0.394 e. The summed E-state index contributed by atoms with van der Waals surface area (Å²) in [4.78, 5) is 268. The minimum Gasteiger partial charge on any atom is -0.394 e. The molecule has 21 N–H and O–H groups in total. The molecule has 42 heteroatoms. The summed E-state index contributed by atoms with van der Waals surface area (Å²) in [5.41, 5.74) is 20.1. The number of amides is 16. The summed E-state index contributed by atoms with van der Waals surface area (Å²) in [6.07, 6.45) is 5.79. The van der Waals surface area contributed by atoms with Gasteiger partial charge in [-0.2, -0.15) is 0 Å². The lowest BCUT2D eigenvalue weighted by Crippen LogP contribution is -2.61. The van der Waals surface area contributed by atoms with Gasteiger partial charge in [-0.25, -0.2) is 4.98 Å². The summed E-state index contributed by atoms with van der Waals surface area (Å²) in [5.74, 6) is -17.4. The third kappa shape index (κ3) is 30.9. The van der Waals surface area contributed by atoms with E-state index in [1.54, 1.807) is 105 Å². The lowest BCUT2D eigenvalue weighted by Gasteiger charge is -2.36. The summed E-state index contributed by atoms with van der Waals surface area (Å²) in [5, 5.41) is 47.1. The number of ketones is 1. The number of imidazole rings is 1. The third-order valence-electron chi connectivity index (χ3n) is 23.7. The first kappa shape index (κ1) is 105. The fraction of sp³-hybridized carbons (Fsp3) is 0.527. The van der Waals surface area contributed by atoms with Crippen LogP contribution in [0.1, 0.15) is 147 Å². The van der Waals surface area contributed by atoms with Gasteiger partial charge in [0.05, 0.1) is 31.8 Å². The zero-order valence-electron chi connectivity index (χ0n) is 76.8. The molecule has 6 aromatic rings. The molecule has 722 valence electrons. The highest BCUT2D eigenvalue weighted by Gasteiger charge is 2.44. The summed E-state index contributed by atoms with van der Waals surface area (Å²) in [6.45, 7) is 6.20. The second kappa shape index (κ2) is 51.5. The maximum absolute atomic E-state index is 15.7. The minimum absolute atomic E-state index is 0.000684. The summed E-state index contributed by atoms with van der Waals surface area (Å²) in [7, 11) is 5.34. The Labute approximate surface area is 776 Å². The molecule has 0 bridgehead atoms. The molecule has 8 rings (SSSR count). The van der Waals surface area contributed by atoms with Gasteiger partial charge in [0, 0.05) is 131 Å². The van der Waals surface area contributed by atoms with E-state index in [9.17, 15) is 62.6 Å². The van der Waals surface area contributed by atoms with Crippen LogP contribution in [0.5, 0.6) is 0 Å². The molecule has 3 aromatic carbocycles. The smallest absolute Gasteiger partial charge is 0.245 e. The number of aromatic nitrogens is 4. The predicted molar refractivity (Wildman–Crippen MR) is 495 cm³/mol. The van der Waals surface area contributed by atoms with Gasteiger partial charge in [-0.15, -0.1) is 11.8 Å². The van der Waals surface area contributed by atoms with Crippen molar-refractivity contribution in [1.82, 2.24) is 97.6 Å². The van der Waals surface area contributed by atoms with E-state index in [2.05, 4.69) is 73.1 Å².